The van der Waals surface area contributed by atoms with Crippen LogP contribution in [0, 0.1) is 5.82 Å². The molecule has 0 atom stereocenters. The van der Waals surface area contributed by atoms with Crippen LogP contribution >= 0.6 is 0 Å². The Morgan fingerprint density at radius 2 is 1.94 bits per heavy atom. The summed E-state index contributed by atoms with van der Waals surface area (Å²) in [5.74, 6) is -0.475. The van der Waals surface area contributed by atoms with Gasteiger partial charge in [-0.05, 0) is 29.8 Å². The molecule has 2 aromatic rings. The Morgan fingerprint density at radius 3 is 2.59 bits per heavy atom. The molecular formula is C13H12FNO2. The average Bonchev–Trinajstić information content (AvgIpc) is 2.30. The third-order valence-electron chi connectivity index (χ3n) is 2.35. The van der Waals surface area contributed by atoms with Gasteiger partial charge in [-0.15, -0.1) is 0 Å². The van der Waals surface area contributed by atoms with Gasteiger partial charge in [0, 0.05) is 0 Å². The molecule has 0 saturated heterocycles. The zero-order chi connectivity index (χ0) is 12.3. The lowest BCUT2D eigenvalue weighted by Crippen LogP contribution is -2.14. The van der Waals surface area contributed by atoms with Gasteiger partial charge in [-0.2, -0.15) is 0 Å². The van der Waals surface area contributed by atoms with Gasteiger partial charge in [0.25, 0.3) is 0 Å². The first-order valence-electron chi connectivity index (χ1n) is 5.33. The summed E-state index contributed by atoms with van der Waals surface area (Å²) >= 11 is 0. The highest BCUT2D eigenvalue weighted by Crippen LogP contribution is 2.22. The molecule has 0 aromatic heterocycles. The summed E-state index contributed by atoms with van der Waals surface area (Å²) in [6.45, 7) is 1.94. The van der Waals surface area contributed by atoms with E-state index in [2.05, 4.69) is 5.32 Å². The van der Waals surface area contributed by atoms with Gasteiger partial charge in [-0.3, -0.25) is 5.32 Å². The summed E-state index contributed by atoms with van der Waals surface area (Å²) in [6, 6.07) is 10.3. The van der Waals surface area contributed by atoms with E-state index in [0.717, 1.165) is 10.8 Å². The quantitative estimate of drug-likeness (QED) is 0.861. The molecule has 0 bridgehead atoms. The van der Waals surface area contributed by atoms with Crippen molar-refractivity contribution in [3.63, 3.8) is 0 Å². The number of benzene rings is 2. The SMILES string of the molecule is CCOC(=O)Nc1cc2ccccc2cc1F. The maximum Gasteiger partial charge on any atom is 0.411 e. The van der Waals surface area contributed by atoms with E-state index in [0.29, 0.717) is 0 Å². The predicted octanol–water partition coefficient (Wildman–Crippen LogP) is 3.55. The molecule has 0 heterocycles. The number of amides is 1. The van der Waals surface area contributed by atoms with Crippen molar-refractivity contribution in [3.8, 4) is 0 Å². The Hall–Kier alpha value is -2.10. The number of carbonyl (C=O) groups is 1. The van der Waals surface area contributed by atoms with Crippen molar-refractivity contribution in [3.05, 3.63) is 42.2 Å². The van der Waals surface area contributed by atoms with E-state index in [1.54, 1.807) is 13.0 Å². The third kappa shape index (κ3) is 2.53. The lowest BCUT2D eigenvalue weighted by molar-refractivity contribution is 0.168. The fourth-order valence-corrected chi connectivity index (χ4v) is 1.59. The first-order chi connectivity index (χ1) is 8.20. The second kappa shape index (κ2) is 4.82. The van der Waals surface area contributed by atoms with Crippen molar-refractivity contribution in [2.24, 2.45) is 0 Å². The molecule has 1 amide bonds. The number of rotatable bonds is 2. The normalized spacial score (nSPS) is 10.2. The average molecular weight is 233 g/mol. The van der Waals surface area contributed by atoms with E-state index < -0.39 is 11.9 Å². The molecule has 17 heavy (non-hydrogen) atoms. The number of hydrogen-bond acceptors (Lipinski definition) is 2. The molecule has 0 fully saturated rings. The van der Waals surface area contributed by atoms with Crippen molar-refractivity contribution in [2.75, 3.05) is 11.9 Å². The van der Waals surface area contributed by atoms with Gasteiger partial charge >= 0.3 is 6.09 Å². The highest BCUT2D eigenvalue weighted by molar-refractivity contribution is 5.91. The molecule has 2 rings (SSSR count). The van der Waals surface area contributed by atoms with Crippen LogP contribution in [-0.2, 0) is 4.74 Å². The van der Waals surface area contributed by atoms with Crippen molar-refractivity contribution in [1.82, 2.24) is 0 Å². The van der Waals surface area contributed by atoms with Gasteiger partial charge in [0.2, 0.25) is 0 Å². The van der Waals surface area contributed by atoms with E-state index in [4.69, 9.17) is 4.74 Å². The molecule has 0 aliphatic rings. The molecule has 0 spiro atoms. The number of ether oxygens (including phenoxy) is 1. The predicted molar refractivity (Wildman–Crippen MR) is 64.6 cm³/mol. The summed E-state index contributed by atoms with van der Waals surface area (Å²) in [4.78, 5) is 11.2. The number of nitrogens with one attached hydrogen (secondary N) is 1. The molecule has 0 aliphatic heterocycles. The van der Waals surface area contributed by atoms with Crippen LogP contribution in [0.1, 0.15) is 6.92 Å². The summed E-state index contributed by atoms with van der Waals surface area (Å²) in [5.41, 5.74) is 0.127. The molecular weight excluding hydrogens is 221 g/mol. The van der Waals surface area contributed by atoms with Gasteiger partial charge in [0.1, 0.15) is 5.82 Å². The number of fused-ring (bicyclic) bond motifs is 1. The maximum atomic E-state index is 13.6. The van der Waals surface area contributed by atoms with Crippen molar-refractivity contribution >= 4 is 22.6 Å². The van der Waals surface area contributed by atoms with Gasteiger partial charge in [-0.1, -0.05) is 24.3 Å². The van der Waals surface area contributed by atoms with Gasteiger partial charge < -0.3 is 4.74 Å². The topological polar surface area (TPSA) is 38.3 Å². The summed E-state index contributed by atoms with van der Waals surface area (Å²) < 4.78 is 18.3. The highest BCUT2D eigenvalue weighted by atomic mass is 19.1. The zero-order valence-electron chi connectivity index (χ0n) is 9.37. The van der Waals surface area contributed by atoms with E-state index in [-0.39, 0.29) is 12.3 Å². The van der Waals surface area contributed by atoms with Crippen molar-refractivity contribution in [1.29, 1.82) is 0 Å². The van der Waals surface area contributed by atoms with Crippen LogP contribution in [0.5, 0.6) is 0 Å². The number of halogens is 1. The smallest absolute Gasteiger partial charge is 0.411 e. The lowest BCUT2D eigenvalue weighted by Gasteiger charge is -2.07. The Kier molecular flexibility index (Phi) is 3.23. The molecule has 88 valence electrons. The Labute approximate surface area is 98.2 Å². The summed E-state index contributed by atoms with van der Waals surface area (Å²) in [7, 11) is 0. The van der Waals surface area contributed by atoms with E-state index in [1.165, 1.54) is 6.07 Å². The van der Waals surface area contributed by atoms with Gasteiger partial charge in [0.15, 0.2) is 0 Å². The number of anilines is 1. The minimum Gasteiger partial charge on any atom is -0.450 e. The molecule has 4 heteroatoms. The van der Waals surface area contributed by atoms with Crippen molar-refractivity contribution in [2.45, 2.75) is 6.92 Å². The van der Waals surface area contributed by atoms with Crippen molar-refractivity contribution < 1.29 is 13.9 Å². The largest absolute Gasteiger partial charge is 0.450 e. The first kappa shape index (κ1) is 11.4. The molecule has 0 unspecified atom stereocenters. The minimum atomic E-state index is -0.651. The molecule has 0 aliphatic carbocycles. The van der Waals surface area contributed by atoms with Crippen LogP contribution in [-0.4, -0.2) is 12.7 Å². The standard InChI is InChI=1S/C13H12FNO2/c1-2-17-13(16)15-12-8-10-6-4-3-5-9(10)7-11(12)14/h3-8H,2H2,1H3,(H,15,16). The number of hydrogen-bond donors (Lipinski definition) is 1. The lowest BCUT2D eigenvalue weighted by atomic mass is 10.1. The van der Waals surface area contributed by atoms with Gasteiger partial charge in [0.05, 0.1) is 12.3 Å². The molecule has 3 nitrogen and oxygen atoms in total. The van der Waals surface area contributed by atoms with Gasteiger partial charge in [-0.25, -0.2) is 9.18 Å². The molecule has 0 radical (unpaired) electrons. The minimum absolute atomic E-state index is 0.127. The van der Waals surface area contributed by atoms with Crippen LogP contribution < -0.4 is 5.32 Å². The Balaban J connectivity index is 2.34. The van der Waals surface area contributed by atoms with Crippen LogP contribution in [0.2, 0.25) is 0 Å². The van der Waals surface area contributed by atoms with E-state index in [1.807, 2.05) is 24.3 Å². The van der Waals surface area contributed by atoms with E-state index in [9.17, 15) is 9.18 Å². The fourth-order valence-electron chi connectivity index (χ4n) is 1.59. The molecule has 2 aromatic carbocycles. The summed E-state index contributed by atoms with van der Waals surface area (Å²) in [5, 5.41) is 4.02. The maximum absolute atomic E-state index is 13.6. The highest BCUT2D eigenvalue weighted by Gasteiger charge is 2.08. The van der Waals surface area contributed by atoms with Crippen LogP contribution in [0.3, 0.4) is 0 Å². The fraction of sp³-hybridized carbons (Fsp3) is 0.154. The molecule has 1 N–H and O–H groups in total. The second-order valence-electron chi connectivity index (χ2n) is 3.52. The van der Waals surface area contributed by atoms with Crippen LogP contribution in [0.15, 0.2) is 36.4 Å². The Morgan fingerprint density at radius 1 is 1.29 bits per heavy atom. The first-order valence-corrected chi connectivity index (χ1v) is 5.33. The van der Waals surface area contributed by atoms with Crippen LogP contribution in [0.4, 0.5) is 14.9 Å². The zero-order valence-corrected chi connectivity index (χ0v) is 9.37. The summed E-state index contributed by atoms with van der Waals surface area (Å²) in [6.07, 6.45) is -0.651. The van der Waals surface area contributed by atoms with Crippen LogP contribution in [0.25, 0.3) is 10.8 Å². The second-order valence-corrected chi connectivity index (χ2v) is 3.52. The number of carbonyl (C=O) groups excluding carboxylic acids is 1. The van der Waals surface area contributed by atoms with E-state index >= 15 is 0 Å². The monoisotopic (exact) mass is 233 g/mol. The Bertz CT molecular complexity index is 554. The molecule has 0 saturated carbocycles. The third-order valence-corrected chi connectivity index (χ3v) is 2.35.